The summed E-state index contributed by atoms with van der Waals surface area (Å²) in [5.74, 6) is -6.79. The number of hydrogen-bond acceptors (Lipinski definition) is 16. The molecule has 0 unspecified atom stereocenters. The van der Waals surface area contributed by atoms with E-state index in [-0.39, 0.29) is 92.9 Å². The van der Waals surface area contributed by atoms with Crippen molar-refractivity contribution in [3.8, 4) is 5.75 Å². The number of ketones is 1. The highest BCUT2D eigenvalue weighted by Gasteiger charge is 2.48. The Balaban J connectivity index is 2.37. The number of urea groups is 1. The van der Waals surface area contributed by atoms with Gasteiger partial charge in [0.25, 0.3) is 0 Å². The standard InChI is InChI=1S/C42H64N6O17/c1-21(2)28(49)14-18-62-17-8-16-44-26(12-13-30(50)51)36(55)48-31(22(3)4)38(57)47-27(9-7-15-45-42(43)61)37(56)46-25-11-10-24(20-63-40(60)23(5)6)19-29(25)64-41-34(54)32(52)33(53)35(65-41)39(58)59/h10-11,19,21,23,26-27,31-35,41,44,52-54H,3,7-9,12-18,20H2,1-2,4-6H3,(H,46,56)(H,47,57)(H,48,55)(H,50,51)(H,58,59)(H3,43,45,61)/t26-,27-,31-,32-,33-,34+,35-,41+/m0/s1. The number of esters is 1. The van der Waals surface area contributed by atoms with Crippen LogP contribution in [0.1, 0.15) is 78.7 Å². The van der Waals surface area contributed by atoms with Gasteiger partial charge in [0.05, 0.1) is 24.3 Å². The molecule has 0 aliphatic carbocycles. The fourth-order valence-electron chi connectivity index (χ4n) is 5.98. The number of anilines is 1. The fraction of sp³-hybridized carbons (Fsp3) is 0.619. The summed E-state index contributed by atoms with van der Waals surface area (Å²) in [6.07, 6.45) is -10.0. The van der Waals surface area contributed by atoms with Crippen LogP contribution in [-0.2, 0) is 54.4 Å². The molecule has 1 heterocycles. The number of aliphatic hydroxyl groups is 3. The Bertz CT molecular complexity index is 1830. The summed E-state index contributed by atoms with van der Waals surface area (Å²) < 4.78 is 21.8. The Hall–Kier alpha value is -5.72. The van der Waals surface area contributed by atoms with Crippen LogP contribution in [0.25, 0.3) is 0 Å². The van der Waals surface area contributed by atoms with Crippen LogP contribution >= 0.6 is 0 Å². The van der Waals surface area contributed by atoms with Crippen LogP contribution in [0.3, 0.4) is 0 Å². The number of carbonyl (C=O) groups excluding carboxylic acids is 6. The number of aliphatic carboxylic acids is 2. The zero-order valence-electron chi connectivity index (χ0n) is 37.2. The second-order valence-electron chi connectivity index (χ2n) is 16.0. The topological polar surface area (TPSA) is 361 Å². The minimum atomic E-state index is -2.04. The van der Waals surface area contributed by atoms with Gasteiger partial charge >= 0.3 is 23.9 Å². The predicted octanol–water partition coefficient (Wildman–Crippen LogP) is -0.566. The van der Waals surface area contributed by atoms with Gasteiger partial charge in [-0.15, -0.1) is 0 Å². The molecule has 8 atom stereocenters. The van der Waals surface area contributed by atoms with Crippen molar-refractivity contribution < 1.29 is 82.8 Å². The maximum atomic E-state index is 14.0. The number of rotatable bonds is 29. The summed E-state index contributed by atoms with van der Waals surface area (Å²) >= 11 is 0. The number of Topliss-reactive ketones (excluding diaryl/α,β-unsaturated/α-hetero) is 1. The van der Waals surface area contributed by atoms with E-state index in [2.05, 4.69) is 33.2 Å². The van der Waals surface area contributed by atoms with Crippen molar-refractivity contribution in [2.24, 2.45) is 17.6 Å². The number of benzene rings is 1. The van der Waals surface area contributed by atoms with Gasteiger partial charge in [-0.2, -0.15) is 0 Å². The lowest BCUT2D eigenvalue weighted by Crippen LogP contribution is -2.61. The zero-order valence-corrected chi connectivity index (χ0v) is 37.2. The summed E-state index contributed by atoms with van der Waals surface area (Å²) in [6, 6.07) is -0.805. The lowest BCUT2D eigenvalue weighted by molar-refractivity contribution is -0.271. The van der Waals surface area contributed by atoms with E-state index < -0.39 is 103 Å². The maximum absolute atomic E-state index is 14.0. The van der Waals surface area contributed by atoms with Crippen molar-refractivity contribution in [1.82, 2.24) is 21.3 Å². The van der Waals surface area contributed by atoms with Crippen LogP contribution < -0.4 is 37.1 Å². The number of aliphatic hydroxyl groups excluding tert-OH is 3. The van der Waals surface area contributed by atoms with Gasteiger partial charge in [0.1, 0.15) is 48.5 Å². The summed E-state index contributed by atoms with van der Waals surface area (Å²) in [6.45, 7) is 12.4. The van der Waals surface area contributed by atoms with E-state index in [9.17, 15) is 63.9 Å². The Morgan fingerprint density at radius 3 is 2.11 bits per heavy atom. The van der Waals surface area contributed by atoms with E-state index in [4.69, 9.17) is 24.7 Å². The van der Waals surface area contributed by atoms with Gasteiger partial charge < -0.3 is 76.8 Å². The van der Waals surface area contributed by atoms with Gasteiger partial charge in [0, 0.05) is 31.9 Å². The number of nitrogens with two attached hydrogens (primary N) is 1. The van der Waals surface area contributed by atoms with E-state index in [0.717, 1.165) is 0 Å². The van der Waals surface area contributed by atoms with Gasteiger partial charge in [-0.3, -0.25) is 28.8 Å². The van der Waals surface area contributed by atoms with Crippen LogP contribution in [0.2, 0.25) is 0 Å². The predicted molar refractivity (Wildman–Crippen MR) is 229 cm³/mol. The SMILES string of the molecule is C=C(C)[C@H](NC(=O)[C@H](CCC(=O)O)NCCCOCCC(=O)C(C)C)C(=O)N[C@@H](CCCNC(N)=O)C(=O)Nc1ccc(COC(=O)C(C)C)cc1O[C@@H]1O[C@H](C(=O)O)[C@@H](O)[C@H](O)[C@H]1O. The molecule has 23 heteroatoms. The lowest BCUT2D eigenvalue weighted by Gasteiger charge is -2.38. The van der Waals surface area contributed by atoms with Crippen LogP contribution in [0, 0.1) is 11.8 Å². The Morgan fingerprint density at radius 1 is 0.815 bits per heavy atom. The minimum absolute atomic E-state index is 0.0261. The average Bonchev–Trinajstić information content (AvgIpc) is 3.23. The van der Waals surface area contributed by atoms with Crippen LogP contribution in [0.4, 0.5) is 10.5 Å². The smallest absolute Gasteiger partial charge is 0.335 e. The number of hydrogen-bond donors (Lipinski definition) is 11. The molecule has 0 spiro atoms. The molecule has 12 N–H and O–H groups in total. The first-order valence-electron chi connectivity index (χ1n) is 21.1. The molecule has 0 radical (unpaired) electrons. The second-order valence-corrected chi connectivity index (χ2v) is 16.0. The van der Waals surface area contributed by atoms with Crippen molar-refractivity contribution in [3.63, 3.8) is 0 Å². The number of primary amides is 1. The molecule has 0 aromatic heterocycles. The highest BCUT2D eigenvalue weighted by atomic mass is 16.7. The highest BCUT2D eigenvalue weighted by Crippen LogP contribution is 2.31. The largest absolute Gasteiger partial charge is 0.481 e. The van der Waals surface area contributed by atoms with Crippen molar-refractivity contribution in [2.75, 3.05) is 31.6 Å². The summed E-state index contributed by atoms with van der Waals surface area (Å²) in [7, 11) is 0. The summed E-state index contributed by atoms with van der Waals surface area (Å²) in [5.41, 5.74) is 5.45. The third kappa shape index (κ3) is 19.1. The number of nitrogens with one attached hydrogen (secondary N) is 5. The Kier molecular flexibility index (Phi) is 23.5. The molecule has 0 saturated carbocycles. The number of carbonyl (C=O) groups is 8. The molecule has 364 valence electrons. The molecule has 1 fully saturated rings. The molecule has 65 heavy (non-hydrogen) atoms. The van der Waals surface area contributed by atoms with E-state index in [0.29, 0.717) is 6.42 Å². The summed E-state index contributed by atoms with van der Waals surface area (Å²) in [4.78, 5) is 100. The first-order chi connectivity index (χ1) is 30.5. The Labute approximate surface area is 376 Å². The molecule has 0 bridgehead atoms. The first kappa shape index (κ1) is 55.4. The van der Waals surface area contributed by atoms with E-state index in [1.807, 2.05) is 0 Å². The molecule has 1 aromatic rings. The van der Waals surface area contributed by atoms with Gasteiger partial charge in [-0.05, 0) is 62.4 Å². The van der Waals surface area contributed by atoms with Gasteiger partial charge in [-0.1, -0.05) is 40.3 Å². The second kappa shape index (κ2) is 27.6. The number of carboxylic acid groups (broad SMARTS) is 2. The van der Waals surface area contributed by atoms with Gasteiger partial charge in [0.15, 0.2) is 6.10 Å². The van der Waals surface area contributed by atoms with Crippen molar-refractivity contribution in [1.29, 1.82) is 0 Å². The van der Waals surface area contributed by atoms with Crippen molar-refractivity contribution >= 4 is 53.1 Å². The number of ether oxygens (including phenoxy) is 4. The van der Waals surface area contributed by atoms with Crippen LogP contribution in [0.5, 0.6) is 5.75 Å². The molecular formula is C42H64N6O17. The van der Waals surface area contributed by atoms with Gasteiger partial charge in [-0.25, -0.2) is 9.59 Å². The Morgan fingerprint density at radius 2 is 1.51 bits per heavy atom. The van der Waals surface area contributed by atoms with Crippen LogP contribution in [0.15, 0.2) is 30.4 Å². The molecule has 1 aromatic carbocycles. The van der Waals surface area contributed by atoms with Crippen LogP contribution in [-0.4, -0.2) is 148 Å². The lowest BCUT2D eigenvalue weighted by atomic mass is 9.99. The minimum Gasteiger partial charge on any atom is -0.481 e. The number of amides is 5. The third-order valence-electron chi connectivity index (χ3n) is 9.81. The molecular weight excluding hydrogens is 860 g/mol. The maximum Gasteiger partial charge on any atom is 0.335 e. The van der Waals surface area contributed by atoms with E-state index >= 15 is 0 Å². The molecule has 23 nitrogen and oxygen atoms in total. The molecule has 1 aliphatic heterocycles. The van der Waals surface area contributed by atoms with Gasteiger partial charge in [0.2, 0.25) is 24.0 Å². The molecule has 2 rings (SSSR count). The summed E-state index contributed by atoms with van der Waals surface area (Å²) in [5, 5.41) is 63.2. The normalized spacial score (nSPS) is 19.6. The molecule has 1 saturated heterocycles. The quantitative estimate of drug-likeness (QED) is 0.0272. The zero-order chi connectivity index (χ0) is 49.0. The average molecular weight is 925 g/mol. The highest BCUT2D eigenvalue weighted by molar-refractivity contribution is 6.00. The van der Waals surface area contributed by atoms with E-state index in [1.165, 1.54) is 25.1 Å². The third-order valence-corrected chi connectivity index (χ3v) is 9.81. The monoisotopic (exact) mass is 924 g/mol. The fourth-order valence-corrected chi connectivity index (χ4v) is 5.98. The molecule has 5 amide bonds. The van der Waals surface area contributed by atoms with E-state index in [1.54, 1.807) is 27.7 Å². The van der Waals surface area contributed by atoms with Crippen molar-refractivity contribution in [2.45, 2.75) is 129 Å². The molecule has 1 aliphatic rings. The number of carboxylic acids is 2. The first-order valence-corrected chi connectivity index (χ1v) is 21.1. The van der Waals surface area contributed by atoms with Crippen molar-refractivity contribution in [3.05, 3.63) is 35.9 Å².